The van der Waals surface area contributed by atoms with Crippen LogP contribution < -0.4 is 15.2 Å². The summed E-state index contributed by atoms with van der Waals surface area (Å²) in [7, 11) is 1.70. The summed E-state index contributed by atoms with van der Waals surface area (Å²) in [5, 5.41) is 0. The first-order valence-corrected chi connectivity index (χ1v) is 7.35. The van der Waals surface area contributed by atoms with Crippen LogP contribution >= 0.6 is 0 Å². The maximum absolute atomic E-state index is 6.57. The Balaban J connectivity index is 1.85. The van der Waals surface area contributed by atoms with Crippen molar-refractivity contribution in [3.63, 3.8) is 0 Å². The zero-order chi connectivity index (χ0) is 13.3. The zero-order valence-corrected chi connectivity index (χ0v) is 11.7. The third-order valence-corrected chi connectivity index (χ3v) is 4.30. The van der Waals surface area contributed by atoms with Gasteiger partial charge in [-0.15, -0.1) is 0 Å². The van der Waals surface area contributed by atoms with Gasteiger partial charge in [0.25, 0.3) is 0 Å². The highest BCUT2D eigenvalue weighted by Gasteiger charge is 2.31. The van der Waals surface area contributed by atoms with Crippen LogP contribution in [-0.2, 0) is 5.54 Å². The van der Waals surface area contributed by atoms with Crippen LogP contribution in [0.5, 0.6) is 11.5 Å². The maximum Gasteiger partial charge on any atom is 0.161 e. The lowest BCUT2D eigenvalue weighted by Gasteiger charge is -2.34. The molecule has 104 valence electrons. The minimum atomic E-state index is -0.177. The highest BCUT2D eigenvalue weighted by Crippen LogP contribution is 2.40. The van der Waals surface area contributed by atoms with Crippen molar-refractivity contribution in [1.29, 1.82) is 0 Å². The molecule has 0 spiro atoms. The van der Waals surface area contributed by atoms with Gasteiger partial charge in [-0.1, -0.05) is 25.3 Å². The minimum Gasteiger partial charge on any atom is -0.493 e. The van der Waals surface area contributed by atoms with Gasteiger partial charge in [-0.3, -0.25) is 0 Å². The minimum absolute atomic E-state index is 0.177. The fourth-order valence-electron chi connectivity index (χ4n) is 2.91. The highest BCUT2D eigenvalue weighted by molar-refractivity contribution is 5.45. The Labute approximate surface area is 115 Å². The van der Waals surface area contributed by atoms with Crippen LogP contribution in [0.2, 0.25) is 0 Å². The summed E-state index contributed by atoms with van der Waals surface area (Å²) in [5.41, 5.74) is 7.58. The largest absolute Gasteiger partial charge is 0.493 e. The average molecular weight is 261 g/mol. The summed E-state index contributed by atoms with van der Waals surface area (Å²) in [6, 6.07) is 6.21. The number of hydrogen-bond acceptors (Lipinski definition) is 3. The van der Waals surface area contributed by atoms with Crippen molar-refractivity contribution in [2.45, 2.75) is 56.6 Å². The van der Waals surface area contributed by atoms with Crippen molar-refractivity contribution in [2.24, 2.45) is 5.73 Å². The van der Waals surface area contributed by atoms with Gasteiger partial charge in [-0.25, -0.2) is 0 Å². The number of rotatable bonds is 4. The van der Waals surface area contributed by atoms with Crippen molar-refractivity contribution in [3.05, 3.63) is 23.8 Å². The van der Waals surface area contributed by atoms with E-state index in [0.717, 1.165) is 37.2 Å². The van der Waals surface area contributed by atoms with E-state index in [0.29, 0.717) is 6.10 Å². The first kappa shape index (κ1) is 12.8. The lowest BCUT2D eigenvalue weighted by Crippen LogP contribution is -2.38. The molecule has 2 aliphatic rings. The molecule has 0 aromatic heterocycles. The van der Waals surface area contributed by atoms with Gasteiger partial charge in [0, 0.05) is 5.54 Å². The van der Waals surface area contributed by atoms with E-state index in [1.807, 2.05) is 6.07 Å². The van der Waals surface area contributed by atoms with E-state index in [4.69, 9.17) is 15.2 Å². The quantitative estimate of drug-likeness (QED) is 0.904. The lowest BCUT2D eigenvalue weighted by molar-refractivity contribution is 0.277. The van der Waals surface area contributed by atoms with Crippen molar-refractivity contribution in [3.8, 4) is 11.5 Å². The molecule has 19 heavy (non-hydrogen) atoms. The van der Waals surface area contributed by atoms with Crippen LogP contribution in [0.15, 0.2) is 18.2 Å². The molecule has 0 radical (unpaired) electrons. The van der Waals surface area contributed by atoms with E-state index in [2.05, 4.69) is 12.1 Å². The summed E-state index contributed by atoms with van der Waals surface area (Å²) in [4.78, 5) is 0. The molecule has 1 aromatic carbocycles. The second kappa shape index (κ2) is 5.04. The second-order valence-corrected chi connectivity index (χ2v) is 5.90. The molecule has 0 heterocycles. The first-order chi connectivity index (χ1) is 9.21. The SMILES string of the molecule is COc1cc(C2(N)CCCCC2)ccc1OC1CC1. The Kier molecular flexibility index (Phi) is 3.40. The molecule has 2 N–H and O–H groups in total. The van der Waals surface area contributed by atoms with Gasteiger partial charge in [0.05, 0.1) is 13.2 Å². The number of methoxy groups -OCH3 is 1. The summed E-state index contributed by atoms with van der Waals surface area (Å²) in [6.45, 7) is 0. The van der Waals surface area contributed by atoms with Crippen LogP contribution in [0.25, 0.3) is 0 Å². The molecule has 3 rings (SSSR count). The van der Waals surface area contributed by atoms with Crippen LogP contribution in [-0.4, -0.2) is 13.2 Å². The van der Waals surface area contributed by atoms with Gasteiger partial charge < -0.3 is 15.2 Å². The van der Waals surface area contributed by atoms with Gasteiger partial charge in [0.1, 0.15) is 0 Å². The summed E-state index contributed by atoms with van der Waals surface area (Å²) in [5.74, 6) is 1.67. The number of ether oxygens (including phenoxy) is 2. The topological polar surface area (TPSA) is 44.5 Å². The Morgan fingerprint density at radius 1 is 1.11 bits per heavy atom. The molecule has 2 saturated carbocycles. The molecule has 0 unspecified atom stereocenters. The molecule has 0 amide bonds. The summed E-state index contributed by atoms with van der Waals surface area (Å²) in [6.07, 6.45) is 8.59. The molecule has 0 saturated heterocycles. The average Bonchev–Trinajstić information content (AvgIpc) is 3.24. The van der Waals surface area contributed by atoms with E-state index in [1.54, 1.807) is 7.11 Å². The molecule has 1 aromatic rings. The fraction of sp³-hybridized carbons (Fsp3) is 0.625. The lowest BCUT2D eigenvalue weighted by atomic mass is 9.77. The van der Waals surface area contributed by atoms with Crippen LogP contribution in [0.4, 0.5) is 0 Å². The normalized spacial score (nSPS) is 22.0. The summed E-state index contributed by atoms with van der Waals surface area (Å²) < 4.78 is 11.3. The van der Waals surface area contributed by atoms with Gasteiger partial charge >= 0.3 is 0 Å². The predicted molar refractivity (Wildman–Crippen MR) is 75.6 cm³/mol. The van der Waals surface area contributed by atoms with Crippen LogP contribution in [0.3, 0.4) is 0 Å². The van der Waals surface area contributed by atoms with E-state index in [1.165, 1.54) is 24.8 Å². The Hall–Kier alpha value is -1.22. The van der Waals surface area contributed by atoms with E-state index < -0.39 is 0 Å². The standard InChI is InChI=1S/C16H23NO2/c1-18-15-11-12(16(17)9-3-2-4-10-16)5-8-14(15)19-13-6-7-13/h5,8,11,13H,2-4,6-7,9-10,17H2,1H3. The molecule has 2 fully saturated rings. The molecule has 3 nitrogen and oxygen atoms in total. The third-order valence-electron chi connectivity index (χ3n) is 4.30. The monoisotopic (exact) mass is 261 g/mol. The van der Waals surface area contributed by atoms with Gasteiger partial charge in [-0.05, 0) is 43.4 Å². The molecule has 3 heteroatoms. The van der Waals surface area contributed by atoms with E-state index in [9.17, 15) is 0 Å². The number of nitrogens with two attached hydrogens (primary N) is 1. The zero-order valence-electron chi connectivity index (χ0n) is 11.7. The first-order valence-electron chi connectivity index (χ1n) is 7.35. The van der Waals surface area contributed by atoms with Crippen molar-refractivity contribution in [1.82, 2.24) is 0 Å². The Bertz CT molecular complexity index is 448. The smallest absolute Gasteiger partial charge is 0.161 e. The van der Waals surface area contributed by atoms with Gasteiger partial charge in [0.2, 0.25) is 0 Å². The Morgan fingerprint density at radius 2 is 1.84 bits per heavy atom. The van der Waals surface area contributed by atoms with Crippen molar-refractivity contribution < 1.29 is 9.47 Å². The maximum atomic E-state index is 6.57. The van der Waals surface area contributed by atoms with Gasteiger partial charge in [-0.2, -0.15) is 0 Å². The predicted octanol–water partition coefficient (Wildman–Crippen LogP) is 3.35. The van der Waals surface area contributed by atoms with Gasteiger partial charge in [0.15, 0.2) is 11.5 Å². The Morgan fingerprint density at radius 3 is 2.47 bits per heavy atom. The van der Waals surface area contributed by atoms with E-state index >= 15 is 0 Å². The van der Waals surface area contributed by atoms with Crippen molar-refractivity contribution in [2.75, 3.05) is 7.11 Å². The van der Waals surface area contributed by atoms with Crippen molar-refractivity contribution >= 4 is 0 Å². The third kappa shape index (κ3) is 2.71. The van der Waals surface area contributed by atoms with Crippen LogP contribution in [0, 0.1) is 0 Å². The second-order valence-electron chi connectivity index (χ2n) is 5.90. The fourth-order valence-corrected chi connectivity index (χ4v) is 2.91. The molecular weight excluding hydrogens is 238 g/mol. The molecule has 0 atom stereocenters. The molecule has 0 bridgehead atoms. The van der Waals surface area contributed by atoms with Crippen LogP contribution in [0.1, 0.15) is 50.5 Å². The molecular formula is C16H23NO2. The molecule has 2 aliphatic carbocycles. The summed E-state index contributed by atoms with van der Waals surface area (Å²) >= 11 is 0. The molecule has 0 aliphatic heterocycles. The number of benzene rings is 1. The number of hydrogen-bond donors (Lipinski definition) is 1. The highest BCUT2D eigenvalue weighted by atomic mass is 16.5. The van der Waals surface area contributed by atoms with E-state index in [-0.39, 0.29) is 5.54 Å².